The first-order valence-corrected chi connectivity index (χ1v) is 9.66. The Labute approximate surface area is 175 Å². The molecule has 0 spiro atoms. The Morgan fingerprint density at radius 2 is 1.76 bits per heavy atom. The highest BCUT2D eigenvalue weighted by molar-refractivity contribution is 9.10. The molecule has 0 radical (unpaired) electrons. The average molecular weight is 450 g/mol. The molecule has 6 nitrogen and oxygen atoms in total. The van der Waals surface area contributed by atoms with Gasteiger partial charge in [-0.2, -0.15) is 5.10 Å². The fourth-order valence-electron chi connectivity index (χ4n) is 3.40. The Kier molecular flexibility index (Phi) is 4.76. The quantitative estimate of drug-likeness (QED) is 0.441. The lowest BCUT2D eigenvalue weighted by molar-refractivity contribution is 0.0697. The number of nitrogens with zero attached hydrogens (tertiary/aromatic N) is 3. The Morgan fingerprint density at radius 3 is 2.41 bits per heavy atom. The topological polar surface area (TPSA) is 84.6 Å². The second-order valence-electron chi connectivity index (χ2n) is 6.63. The minimum Gasteiger partial charge on any atom is -0.478 e. The van der Waals surface area contributed by atoms with Gasteiger partial charge in [0, 0.05) is 21.7 Å². The molecule has 0 unspecified atom stereocenters. The van der Waals surface area contributed by atoms with Gasteiger partial charge in [-0.3, -0.25) is 4.79 Å². The number of carbonyl (C=O) groups excluding carboxylic acids is 1. The summed E-state index contributed by atoms with van der Waals surface area (Å²) < 4.78 is 2.59. The van der Waals surface area contributed by atoms with E-state index in [1.165, 1.54) is 13.0 Å². The molecule has 2 heterocycles. The summed E-state index contributed by atoms with van der Waals surface area (Å²) in [4.78, 5) is 28.8. The summed E-state index contributed by atoms with van der Waals surface area (Å²) in [6.07, 6.45) is 0. The van der Waals surface area contributed by atoms with Gasteiger partial charge in [-0.25, -0.2) is 14.3 Å². The zero-order chi connectivity index (χ0) is 20.7. The highest BCUT2D eigenvalue weighted by Crippen LogP contribution is 2.30. The fourth-order valence-corrected chi connectivity index (χ4v) is 3.66. The van der Waals surface area contributed by atoms with Crippen molar-refractivity contribution in [2.45, 2.75) is 13.8 Å². The third-order valence-electron chi connectivity index (χ3n) is 4.74. The van der Waals surface area contributed by atoms with Gasteiger partial charge in [0.05, 0.1) is 28.2 Å². The first-order valence-electron chi connectivity index (χ1n) is 8.86. The zero-order valence-electron chi connectivity index (χ0n) is 15.7. The van der Waals surface area contributed by atoms with Crippen LogP contribution in [0.2, 0.25) is 0 Å². The van der Waals surface area contributed by atoms with Crippen molar-refractivity contribution in [3.63, 3.8) is 0 Å². The van der Waals surface area contributed by atoms with Gasteiger partial charge in [0.25, 0.3) is 0 Å². The van der Waals surface area contributed by atoms with Crippen LogP contribution in [0.25, 0.3) is 28.2 Å². The van der Waals surface area contributed by atoms with Gasteiger partial charge in [0.15, 0.2) is 11.4 Å². The van der Waals surface area contributed by atoms with E-state index in [1.54, 1.807) is 29.6 Å². The van der Waals surface area contributed by atoms with E-state index in [2.05, 4.69) is 26.0 Å². The van der Waals surface area contributed by atoms with Crippen LogP contribution in [0.4, 0.5) is 0 Å². The molecule has 29 heavy (non-hydrogen) atoms. The van der Waals surface area contributed by atoms with E-state index >= 15 is 0 Å². The van der Waals surface area contributed by atoms with Crippen LogP contribution in [-0.4, -0.2) is 31.5 Å². The Morgan fingerprint density at radius 1 is 1.07 bits per heavy atom. The molecule has 0 aliphatic rings. The summed E-state index contributed by atoms with van der Waals surface area (Å²) in [5.74, 6) is -1.27. The van der Waals surface area contributed by atoms with Gasteiger partial charge in [-0.05, 0) is 32.0 Å². The second kappa shape index (κ2) is 7.25. The maximum absolute atomic E-state index is 12.5. The number of ketones is 1. The molecule has 0 saturated carbocycles. The zero-order valence-corrected chi connectivity index (χ0v) is 17.3. The van der Waals surface area contributed by atoms with Crippen LogP contribution < -0.4 is 0 Å². The van der Waals surface area contributed by atoms with E-state index in [1.807, 2.05) is 30.3 Å². The minimum atomic E-state index is -1.07. The van der Waals surface area contributed by atoms with Crippen molar-refractivity contribution in [3.05, 3.63) is 75.9 Å². The number of benzene rings is 2. The molecule has 7 heteroatoms. The molecule has 144 valence electrons. The lowest BCUT2D eigenvalue weighted by Crippen LogP contribution is -2.10. The highest BCUT2D eigenvalue weighted by atomic mass is 79.9. The summed E-state index contributed by atoms with van der Waals surface area (Å²) >= 11 is 3.42. The fraction of sp³-hybridized carbons (Fsp3) is 0.0909. The van der Waals surface area contributed by atoms with Crippen LogP contribution in [0, 0.1) is 6.92 Å². The first-order chi connectivity index (χ1) is 13.9. The number of aromatic nitrogens is 3. The molecule has 0 fully saturated rings. The molecule has 1 N–H and O–H groups in total. The lowest BCUT2D eigenvalue weighted by atomic mass is 9.97. The van der Waals surface area contributed by atoms with E-state index in [0.29, 0.717) is 33.9 Å². The predicted octanol–water partition coefficient (Wildman–Crippen LogP) is 5.04. The molecule has 0 aliphatic carbocycles. The summed E-state index contributed by atoms with van der Waals surface area (Å²) in [6, 6.07) is 16.1. The van der Waals surface area contributed by atoms with Crippen LogP contribution in [0.3, 0.4) is 0 Å². The van der Waals surface area contributed by atoms with Gasteiger partial charge >= 0.3 is 5.97 Å². The molecule has 2 aromatic heterocycles. The third kappa shape index (κ3) is 3.34. The normalized spacial score (nSPS) is 11.0. The number of carbonyl (C=O) groups is 2. The van der Waals surface area contributed by atoms with E-state index in [9.17, 15) is 14.7 Å². The van der Waals surface area contributed by atoms with E-state index < -0.39 is 5.97 Å². The SMILES string of the molecule is CC(=O)c1c(-c2ccccc2C(=O)O)nc2cc(-c3ccc(Br)cc3)nn2c1C. The molecular weight excluding hydrogens is 434 g/mol. The molecule has 4 aromatic rings. The number of carboxylic acid groups (broad SMARTS) is 1. The van der Waals surface area contributed by atoms with Crippen molar-refractivity contribution in [2.24, 2.45) is 0 Å². The maximum atomic E-state index is 12.5. The van der Waals surface area contributed by atoms with E-state index in [0.717, 1.165) is 10.0 Å². The minimum absolute atomic E-state index is 0.0962. The number of Topliss-reactive ketones (excluding diaryl/α,β-unsaturated/α-hetero) is 1. The number of hydrogen-bond donors (Lipinski definition) is 1. The molecule has 0 amide bonds. The van der Waals surface area contributed by atoms with Crippen molar-refractivity contribution in [3.8, 4) is 22.5 Å². The molecule has 2 aromatic carbocycles. The number of fused-ring (bicyclic) bond motifs is 1. The third-order valence-corrected chi connectivity index (χ3v) is 5.27. The van der Waals surface area contributed by atoms with Crippen molar-refractivity contribution < 1.29 is 14.7 Å². The van der Waals surface area contributed by atoms with Gasteiger partial charge in [-0.1, -0.05) is 46.3 Å². The summed E-state index contributed by atoms with van der Waals surface area (Å²) in [6.45, 7) is 3.23. The van der Waals surface area contributed by atoms with Crippen molar-refractivity contribution in [1.82, 2.24) is 14.6 Å². The van der Waals surface area contributed by atoms with Crippen LogP contribution in [-0.2, 0) is 0 Å². The average Bonchev–Trinajstić information content (AvgIpc) is 3.12. The lowest BCUT2D eigenvalue weighted by Gasteiger charge is -2.13. The van der Waals surface area contributed by atoms with Crippen molar-refractivity contribution in [1.29, 1.82) is 0 Å². The number of rotatable bonds is 4. The number of aromatic carboxylic acids is 1. The highest BCUT2D eigenvalue weighted by Gasteiger charge is 2.22. The molecule has 0 saturated heterocycles. The smallest absolute Gasteiger partial charge is 0.336 e. The first kappa shape index (κ1) is 19.0. The van der Waals surface area contributed by atoms with Gasteiger partial charge < -0.3 is 5.11 Å². The van der Waals surface area contributed by atoms with Crippen LogP contribution >= 0.6 is 15.9 Å². The Hall–Kier alpha value is -3.32. The van der Waals surface area contributed by atoms with E-state index in [-0.39, 0.29) is 11.3 Å². The molecule has 0 aliphatic heterocycles. The number of hydrogen-bond acceptors (Lipinski definition) is 4. The van der Waals surface area contributed by atoms with E-state index in [4.69, 9.17) is 0 Å². The summed E-state index contributed by atoms with van der Waals surface area (Å²) in [5.41, 5.74) is 3.99. The van der Waals surface area contributed by atoms with Crippen molar-refractivity contribution in [2.75, 3.05) is 0 Å². The van der Waals surface area contributed by atoms with Crippen LogP contribution in [0.1, 0.15) is 33.3 Å². The second-order valence-corrected chi connectivity index (χ2v) is 7.55. The Bertz CT molecular complexity index is 1280. The Balaban J connectivity index is 2.01. The molecule has 4 rings (SSSR count). The monoisotopic (exact) mass is 449 g/mol. The summed E-state index contributed by atoms with van der Waals surface area (Å²) in [7, 11) is 0. The predicted molar refractivity (Wildman–Crippen MR) is 113 cm³/mol. The van der Waals surface area contributed by atoms with Crippen LogP contribution in [0.15, 0.2) is 59.1 Å². The molecule has 0 atom stereocenters. The molecular formula is C22H16BrN3O3. The largest absolute Gasteiger partial charge is 0.478 e. The molecule has 0 bridgehead atoms. The van der Waals surface area contributed by atoms with Crippen molar-refractivity contribution >= 4 is 33.3 Å². The standard InChI is InChI=1S/C22H16BrN3O3/c1-12-20(13(2)27)21(16-5-3-4-6-17(16)22(28)29)24-19-11-18(25-26(12)19)14-7-9-15(23)10-8-14/h3-11H,1-2H3,(H,28,29). The number of aryl methyl sites for hydroxylation is 1. The van der Waals surface area contributed by atoms with Gasteiger partial charge in [0.2, 0.25) is 0 Å². The maximum Gasteiger partial charge on any atom is 0.336 e. The number of halogens is 1. The summed E-state index contributed by atoms with van der Waals surface area (Å²) in [5, 5.41) is 14.2. The number of carboxylic acids is 1. The van der Waals surface area contributed by atoms with Gasteiger partial charge in [-0.15, -0.1) is 0 Å². The van der Waals surface area contributed by atoms with Crippen LogP contribution in [0.5, 0.6) is 0 Å². The van der Waals surface area contributed by atoms with Gasteiger partial charge in [0.1, 0.15) is 0 Å².